The molecule has 1 aromatic carbocycles. The number of aromatic nitrogens is 1. The molecule has 2 aromatic rings. The van der Waals surface area contributed by atoms with Crippen LogP contribution in [0.5, 0.6) is 11.5 Å². The summed E-state index contributed by atoms with van der Waals surface area (Å²) in [4.78, 5) is 18.5. The molecule has 5 nitrogen and oxygen atoms in total. The van der Waals surface area contributed by atoms with Crippen LogP contribution >= 0.6 is 27.5 Å². The van der Waals surface area contributed by atoms with Gasteiger partial charge in [0.1, 0.15) is 16.7 Å². The van der Waals surface area contributed by atoms with Crippen molar-refractivity contribution in [3.05, 3.63) is 50.7 Å². The van der Waals surface area contributed by atoms with Crippen LogP contribution in [0.15, 0.2) is 28.7 Å². The molecule has 0 N–H and O–H groups in total. The maximum Gasteiger partial charge on any atom is 0.256 e. The average molecular weight is 398 g/mol. The molecule has 0 saturated heterocycles. The molecule has 1 aliphatic rings. The van der Waals surface area contributed by atoms with E-state index in [4.69, 9.17) is 21.1 Å². The molecule has 120 valence electrons. The van der Waals surface area contributed by atoms with E-state index in [-0.39, 0.29) is 5.91 Å². The van der Waals surface area contributed by atoms with Gasteiger partial charge in [0, 0.05) is 11.6 Å². The van der Waals surface area contributed by atoms with Gasteiger partial charge in [-0.3, -0.25) is 4.79 Å². The second kappa shape index (κ2) is 6.37. The zero-order valence-corrected chi connectivity index (χ0v) is 14.9. The fourth-order valence-corrected chi connectivity index (χ4v) is 3.02. The molecular formula is C16H14BrClN2O3. The molecular weight excluding hydrogens is 384 g/mol. The summed E-state index contributed by atoms with van der Waals surface area (Å²) in [5.41, 5.74) is 2.17. The molecule has 2 heterocycles. The van der Waals surface area contributed by atoms with Crippen LogP contribution in [0.2, 0.25) is 5.15 Å². The molecule has 1 aromatic heterocycles. The predicted octanol–water partition coefficient (Wildman–Crippen LogP) is 3.67. The Kier molecular flexibility index (Phi) is 4.46. The van der Waals surface area contributed by atoms with Crippen molar-refractivity contribution in [1.29, 1.82) is 0 Å². The molecule has 0 aliphatic carbocycles. The molecule has 0 unspecified atom stereocenters. The largest absolute Gasteiger partial charge is 0.497 e. The molecule has 0 atom stereocenters. The minimum absolute atomic E-state index is 0.0669. The maximum absolute atomic E-state index is 12.5. The van der Waals surface area contributed by atoms with Gasteiger partial charge in [0.05, 0.1) is 43.0 Å². The summed E-state index contributed by atoms with van der Waals surface area (Å²) in [6.45, 7) is 0.855. The molecule has 0 spiro atoms. The second-order valence-electron chi connectivity index (χ2n) is 5.09. The highest BCUT2D eigenvalue weighted by molar-refractivity contribution is 9.10. The van der Waals surface area contributed by atoms with Gasteiger partial charge in [-0.1, -0.05) is 11.6 Å². The summed E-state index contributed by atoms with van der Waals surface area (Å²) >= 11 is 9.31. The zero-order chi connectivity index (χ0) is 16.6. The number of ether oxygens (including phenoxy) is 2. The smallest absolute Gasteiger partial charge is 0.256 e. The van der Waals surface area contributed by atoms with Gasteiger partial charge in [-0.15, -0.1) is 0 Å². The lowest BCUT2D eigenvalue weighted by molar-refractivity contribution is 0.0765. The van der Waals surface area contributed by atoms with Gasteiger partial charge in [-0.2, -0.15) is 0 Å². The summed E-state index contributed by atoms with van der Waals surface area (Å²) in [5.74, 6) is 1.32. The third-order valence-electron chi connectivity index (χ3n) is 3.73. The van der Waals surface area contributed by atoms with E-state index >= 15 is 0 Å². The molecule has 23 heavy (non-hydrogen) atoms. The minimum atomic E-state index is -0.0669. The quantitative estimate of drug-likeness (QED) is 0.739. The van der Waals surface area contributed by atoms with Crippen molar-refractivity contribution in [2.45, 2.75) is 13.1 Å². The first-order valence-electron chi connectivity index (χ1n) is 6.88. The summed E-state index contributed by atoms with van der Waals surface area (Å²) in [5, 5.41) is 0.362. The Balaban J connectivity index is 1.87. The highest BCUT2D eigenvalue weighted by Crippen LogP contribution is 2.32. The van der Waals surface area contributed by atoms with E-state index in [1.807, 2.05) is 12.1 Å². The van der Waals surface area contributed by atoms with Gasteiger partial charge < -0.3 is 14.4 Å². The molecule has 1 aliphatic heterocycles. The number of pyridine rings is 1. The van der Waals surface area contributed by atoms with E-state index in [2.05, 4.69) is 20.9 Å². The molecule has 7 heteroatoms. The lowest BCUT2D eigenvalue weighted by Crippen LogP contribution is -2.23. The van der Waals surface area contributed by atoms with Gasteiger partial charge in [0.15, 0.2) is 0 Å². The van der Waals surface area contributed by atoms with Crippen LogP contribution in [0, 0.1) is 0 Å². The standard InChI is InChI=1S/C16H14BrClN2O3/c1-22-10-4-3-9(14(5-10)23-2)7-20-8-13-11(16(20)21)6-12(17)15(18)19-13/h3-6H,7-8H2,1-2H3. The van der Waals surface area contributed by atoms with Gasteiger partial charge in [0.2, 0.25) is 0 Å². The Bertz CT molecular complexity index is 782. The number of carbonyl (C=O) groups excluding carboxylic acids is 1. The fraction of sp³-hybridized carbons (Fsp3) is 0.250. The van der Waals surface area contributed by atoms with Crippen molar-refractivity contribution in [2.75, 3.05) is 14.2 Å². The third-order valence-corrected chi connectivity index (χ3v) is 4.85. The molecule has 1 amide bonds. The monoisotopic (exact) mass is 396 g/mol. The van der Waals surface area contributed by atoms with E-state index in [0.29, 0.717) is 45.5 Å². The number of amides is 1. The Morgan fingerprint density at radius 3 is 2.78 bits per heavy atom. The Labute approximate surface area is 147 Å². The average Bonchev–Trinajstić information content (AvgIpc) is 2.84. The molecule has 3 rings (SSSR count). The normalized spacial score (nSPS) is 13.2. The van der Waals surface area contributed by atoms with Crippen LogP contribution < -0.4 is 9.47 Å². The number of nitrogens with zero attached hydrogens (tertiary/aromatic N) is 2. The number of carbonyl (C=O) groups is 1. The van der Waals surface area contributed by atoms with Crippen molar-refractivity contribution < 1.29 is 14.3 Å². The molecule has 0 bridgehead atoms. The fourth-order valence-electron chi connectivity index (χ4n) is 2.55. The van der Waals surface area contributed by atoms with E-state index in [1.54, 1.807) is 31.3 Å². The van der Waals surface area contributed by atoms with Gasteiger partial charge >= 0.3 is 0 Å². The number of halogens is 2. The highest BCUT2D eigenvalue weighted by Gasteiger charge is 2.30. The van der Waals surface area contributed by atoms with Crippen LogP contribution in [0.4, 0.5) is 0 Å². The summed E-state index contributed by atoms with van der Waals surface area (Å²) in [7, 11) is 3.19. The summed E-state index contributed by atoms with van der Waals surface area (Å²) in [6, 6.07) is 7.26. The number of rotatable bonds is 4. The minimum Gasteiger partial charge on any atom is -0.497 e. The van der Waals surface area contributed by atoms with Crippen molar-refractivity contribution in [3.8, 4) is 11.5 Å². The second-order valence-corrected chi connectivity index (χ2v) is 6.31. The van der Waals surface area contributed by atoms with E-state index in [0.717, 1.165) is 5.56 Å². The van der Waals surface area contributed by atoms with E-state index in [1.165, 1.54) is 0 Å². The van der Waals surface area contributed by atoms with E-state index in [9.17, 15) is 4.79 Å². The van der Waals surface area contributed by atoms with Gasteiger partial charge in [-0.05, 0) is 34.1 Å². The number of fused-ring (bicyclic) bond motifs is 1. The number of hydrogen-bond acceptors (Lipinski definition) is 4. The predicted molar refractivity (Wildman–Crippen MR) is 90.1 cm³/mol. The number of benzene rings is 1. The number of hydrogen-bond donors (Lipinski definition) is 0. The highest BCUT2D eigenvalue weighted by atomic mass is 79.9. The van der Waals surface area contributed by atoms with Crippen LogP contribution in [0.1, 0.15) is 21.6 Å². The van der Waals surface area contributed by atoms with Crippen LogP contribution in [-0.4, -0.2) is 30.0 Å². The zero-order valence-electron chi connectivity index (χ0n) is 12.6. The Morgan fingerprint density at radius 1 is 1.30 bits per heavy atom. The maximum atomic E-state index is 12.5. The van der Waals surface area contributed by atoms with Crippen molar-refractivity contribution in [2.24, 2.45) is 0 Å². The van der Waals surface area contributed by atoms with Crippen LogP contribution in [-0.2, 0) is 13.1 Å². The van der Waals surface area contributed by atoms with Crippen molar-refractivity contribution in [1.82, 2.24) is 9.88 Å². The number of methoxy groups -OCH3 is 2. The van der Waals surface area contributed by atoms with Crippen molar-refractivity contribution >= 4 is 33.4 Å². The Morgan fingerprint density at radius 2 is 2.09 bits per heavy atom. The molecule has 0 saturated carbocycles. The van der Waals surface area contributed by atoms with E-state index < -0.39 is 0 Å². The lowest BCUT2D eigenvalue weighted by Gasteiger charge is -2.18. The first kappa shape index (κ1) is 16.1. The van der Waals surface area contributed by atoms with Crippen LogP contribution in [0.25, 0.3) is 0 Å². The molecule has 0 radical (unpaired) electrons. The topological polar surface area (TPSA) is 51.7 Å². The Hall–Kier alpha value is -1.79. The SMILES string of the molecule is COc1ccc(CN2Cc3nc(Cl)c(Br)cc3C2=O)c(OC)c1. The first-order valence-corrected chi connectivity index (χ1v) is 8.05. The van der Waals surface area contributed by atoms with Crippen molar-refractivity contribution in [3.63, 3.8) is 0 Å². The van der Waals surface area contributed by atoms with Gasteiger partial charge in [0.25, 0.3) is 5.91 Å². The lowest BCUT2D eigenvalue weighted by atomic mass is 10.1. The summed E-state index contributed by atoms with van der Waals surface area (Å²) in [6.07, 6.45) is 0. The third kappa shape index (κ3) is 3.01. The first-order chi connectivity index (χ1) is 11.0. The summed E-state index contributed by atoms with van der Waals surface area (Å²) < 4.78 is 11.2. The molecule has 0 fully saturated rings. The van der Waals surface area contributed by atoms with Gasteiger partial charge in [-0.25, -0.2) is 4.98 Å². The van der Waals surface area contributed by atoms with Crippen LogP contribution in [0.3, 0.4) is 0 Å².